The minimum atomic E-state index is -0.997. The van der Waals surface area contributed by atoms with Crippen LogP contribution >= 0.6 is 0 Å². The zero-order chi connectivity index (χ0) is 19.4. The summed E-state index contributed by atoms with van der Waals surface area (Å²) in [5.74, 6) is -3.13. The van der Waals surface area contributed by atoms with Crippen LogP contribution in [-0.2, 0) is 14.4 Å². The Morgan fingerprint density at radius 3 is 2.31 bits per heavy atom. The van der Waals surface area contributed by atoms with Crippen molar-refractivity contribution in [3.05, 3.63) is 24.3 Å². The number of nitrogens with zero attached hydrogens (tertiary/aromatic N) is 1. The fourth-order valence-electron chi connectivity index (χ4n) is 3.51. The van der Waals surface area contributed by atoms with Crippen LogP contribution in [0.3, 0.4) is 0 Å². The van der Waals surface area contributed by atoms with Crippen molar-refractivity contribution in [1.82, 2.24) is 5.32 Å². The minimum Gasteiger partial charge on any atom is -0.481 e. The maximum atomic E-state index is 12.4. The molecule has 4 amide bonds. The molecule has 0 spiro atoms. The van der Waals surface area contributed by atoms with Gasteiger partial charge in [-0.15, -0.1) is 0 Å². The van der Waals surface area contributed by atoms with Crippen molar-refractivity contribution in [2.75, 3.05) is 10.2 Å². The van der Waals surface area contributed by atoms with Gasteiger partial charge in [0, 0.05) is 5.69 Å². The molecule has 2 aliphatic rings. The number of amides is 4. The standard InChI is InChI=1S/C18H21N3O5/c1-17(2)11(12(17)14(23)24)13(22)19-9-6-5-7-10(8-9)21-15(25)18(3,4)20-16(21)26/h5-8,11-12H,1-4H3,(H,19,22)(H,20,26)(H,23,24)/t11-,12+/m1/s1. The van der Waals surface area contributed by atoms with Crippen LogP contribution in [-0.4, -0.2) is 34.5 Å². The molecule has 8 heteroatoms. The van der Waals surface area contributed by atoms with E-state index in [1.165, 1.54) is 6.07 Å². The molecule has 1 saturated heterocycles. The Hall–Kier alpha value is -2.90. The molecule has 3 rings (SSSR count). The van der Waals surface area contributed by atoms with Crippen molar-refractivity contribution in [2.45, 2.75) is 33.2 Å². The maximum Gasteiger partial charge on any atom is 0.329 e. The van der Waals surface area contributed by atoms with Crippen LogP contribution in [0.25, 0.3) is 0 Å². The molecule has 138 valence electrons. The van der Waals surface area contributed by atoms with Crippen molar-refractivity contribution < 1.29 is 24.3 Å². The lowest BCUT2D eigenvalue weighted by Gasteiger charge is -2.17. The van der Waals surface area contributed by atoms with E-state index in [0.29, 0.717) is 11.4 Å². The van der Waals surface area contributed by atoms with Crippen molar-refractivity contribution in [3.63, 3.8) is 0 Å². The van der Waals surface area contributed by atoms with E-state index in [4.69, 9.17) is 0 Å². The lowest BCUT2D eigenvalue weighted by atomic mass is 10.1. The van der Waals surface area contributed by atoms with Crippen LogP contribution in [0.4, 0.5) is 16.2 Å². The van der Waals surface area contributed by atoms with E-state index in [1.54, 1.807) is 45.9 Å². The smallest absolute Gasteiger partial charge is 0.329 e. The number of anilines is 2. The summed E-state index contributed by atoms with van der Waals surface area (Å²) in [6.07, 6.45) is 0. The van der Waals surface area contributed by atoms with Gasteiger partial charge in [-0.1, -0.05) is 19.9 Å². The van der Waals surface area contributed by atoms with E-state index in [1.807, 2.05) is 0 Å². The van der Waals surface area contributed by atoms with Gasteiger partial charge < -0.3 is 15.7 Å². The highest BCUT2D eigenvalue weighted by atomic mass is 16.4. The van der Waals surface area contributed by atoms with Gasteiger partial charge in [-0.2, -0.15) is 0 Å². The Balaban J connectivity index is 1.79. The Morgan fingerprint density at radius 2 is 1.81 bits per heavy atom. The molecule has 0 radical (unpaired) electrons. The number of carbonyl (C=O) groups is 4. The molecule has 1 aromatic carbocycles. The number of benzene rings is 1. The van der Waals surface area contributed by atoms with Crippen LogP contribution in [0.2, 0.25) is 0 Å². The normalized spacial score (nSPS) is 25.6. The highest BCUT2D eigenvalue weighted by Crippen LogP contribution is 2.58. The molecule has 2 fully saturated rings. The van der Waals surface area contributed by atoms with Crippen LogP contribution in [0.15, 0.2) is 24.3 Å². The Kier molecular flexibility index (Phi) is 3.82. The van der Waals surface area contributed by atoms with Gasteiger partial charge in [0.05, 0.1) is 17.5 Å². The lowest BCUT2D eigenvalue weighted by Crippen LogP contribution is -2.40. The third kappa shape index (κ3) is 2.71. The monoisotopic (exact) mass is 359 g/mol. The topological polar surface area (TPSA) is 116 Å². The average molecular weight is 359 g/mol. The quantitative estimate of drug-likeness (QED) is 0.709. The number of nitrogens with one attached hydrogen (secondary N) is 2. The van der Waals surface area contributed by atoms with Gasteiger partial charge in [0.1, 0.15) is 5.54 Å². The van der Waals surface area contributed by atoms with Gasteiger partial charge in [0.2, 0.25) is 5.91 Å². The van der Waals surface area contributed by atoms with E-state index >= 15 is 0 Å². The van der Waals surface area contributed by atoms with Crippen LogP contribution < -0.4 is 15.5 Å². The number of aliphatic carboxylic acids is 1. The number of urea groups is 1. The molecule has 0 unspecified atom stereocenters. The average Bonchev–Trinajstić information content (AvgIpc) is 3.03. The third-order valence-electron chi connectivity index (χ3n) is 5.11. The Morgan fingerprint density at radius 1 is 1.15 bits per heavy atom. The SMILES string of the molecule is CC1(C)NC(=O)N(c2cccc(NC(=O)[C@H]3[C@@H](C(=O)O)C3(C)C)c2)C1=O. The second-order valence-corrected chi connectivity index (χ2v) is 7.85. The zero-order valence-corrected chi connectivity index (χ0v) is 15.0. The van der Waals surface area contributed by atoms with Gasteiger partial charge in [-0.3, -0.25) is 14.4 Å². The molecule has 1 heterocycles. The Bertz CT molecular complexity index is 830. The first-order valence-electron chi connectivity index (χ1n) is 8.27. The largest absolute Gasteiger partial charge is 0.481 e. The molecule has 0 bridgehead atoms. The molecule has 1 aliphatic heterocycles. The molecule has 8 nitrogen and oxygen atoms in total. The number of carbonyl (C=O) groups excluding carboxylic acids is 3. The molecule has 26 heavy (non-hydrogen) atoms. The fourth-order valence-corrected chi connectivity index (χ4v) is 3.51. The van der Waals surface area contributed by atoms with E-state index < -0.39 is 40.7 Å². The van der Waals surface area contributed by atoms with Crippen LogP contribution in [0.5, 0.6) is 0 Å². The van der Waals surface area contributed by atoms with Gasteiger partial charge in [0.15, 0.2) is 0 Å². The number of hydrogen-bond acceptors (Lipinski definition) is 4. The summed E-state index contributed by atoms with van der Waals surface area (Å²) >= 11 is 0. The lowest BCUT2D eigenvalue weighted by molar-refractivity contribution is -0.140. The summed E-state index contributed by atoms with van der Waals surface area (Å²) in [4.78, 5) is 49.2. The number of hydrogen-bond donors (Lipinski definition) is 3. The molecule has 2 atom stereocenters. The van der Waals surface area contributed by atoms with E-state index in [9.17, 15) is 24.3 Å². The second kappa shape index (κ2) is 5.55. The molecule has 3 N–H and O–H groups in total. The maximum absolute atomic E-state index is 12.4. The molecular weight excluding hydrogens is 338 g/mol. The number of rotatable bonds is 4. The fraction of sp³-hybridized carbons (Fsp3) is 0.444. The molecule has 1 aromatic rings. The van der Waals surface area contributed by atoms with Gasteiger partial charge in [-0.25, -0.2) is 9.69 Å². The molecular formula is C18H21N3O5. The summed E-state index contributed by atoms with van der Waals surface area (Å²) in [5.41, 5.74) is -0.879. The summed E-state index contributed by atoms with van der Waals surface area (Å²) in [6, 6.07) is 5.81. The first-order valence-corrected chi connectivity index (χ1v) is 8.27. The van der Waals surface area contributed by atoms with Gasteiger partial charge in [-0.05, 0) is 37.5 Å². The zero-order valence-electron chi connectivity index (χ0n) is 15.0. The highest BCUT2D eigenvalue weighted by Gasteiger charge is 2.65. The summed E-state index contributed by atoms with van der Waals surface area (Å²) in [6.45, 7) is 6.70. The van der Waals surface area contributed by atoms with Gasteiger partial charge >= 0.3 is 12.0 Å². The van der Waals surface area contributed by atoms with E-state index in [2.05, 4.69) is 10.6 Å². The Labute approximate surface area is 150 Å². The third-order valence-corrected chi connectivity index (χ3v) is 5.11. The van der Waals surface area contributed by atoms with Gasteiger partial charge in [0.25, 0.3) is 5.91 Å². The van der Waals surface area contributed by atoms with E-state index in [-0.39, 0.29) is 5.91 Å². The summed E-state index contributed by atoms with van der Waals surface area (Å²) in [7, 11) is 0. The van der Waals surface area contributed by atoms with Crippen molar-refractivity contribution >= 4 is 35.2 Å². The molecule has 1 saturated carbocycles. The van der Waals surface area contributed by atoms with Crippen LogP contribution in [0.1, 0.15) is 27.7 Å². The van der Waals surface area contributed by atoms with Crippen molar-refractivity contribution in [2.24, 2.45) is 17.3 Å². The predicted octanol–water partition coefficient (Wildman–Crippen LogP) is 1.82. The number of carboxylic acid groups (broad SMARTS) is 1. The van der Waals surface area contributed by atoms with Crippen molar-refractivity contribution in [3.8, 4) is 0 Å². The second-order valence-electron chi connectivity index (χ2n) is 7.85. The summed E-state index contributed by atoms with van der Waals surface area (Å²) in [5, 5.41) is 14.5. The van der Waals surface area contributed by atoms with E-state index in [0.717, 1.165) is 4.90 Å². The number of carboxylic acids is 1. The highest BCUT2D eigenvalue weighted by molar-refractivity contribution is 6.23. The molecule has 1 aliphatic carbocycles. The predicted molar refractivity (Wildman–Crippen MR) is 93.6 cm³/mol. The first-order chi connectivity index (χ1) is 12.0. The minimum absolute atomic E-state index is 0.334. The van der Waals surface area contributed by atoms with Crippen LogP contribution in [0, 0.1) is 17.3 Å². The number of imide groups is 1. The summed E-state index contributed by atoms with van der Waals surface area (Å²) < 4.78 is 0. The van der Waals surface area contributed by atoms with Crippen molar-refractivity contribution in [1.29, 1.82) is 0 Å². The molecule has 0 aromatic heterocycles. The first kappa shape index (κ1) is 17.9.